The van der Waals surface area contributed by atoms with Crippen molar-refractivity contribution in [3.63, 3.8) is 0 Å². The summed E-state index contributed by atoms with van der Waals surface area (Å²) in [6.07, 6.45) is 3.50. The second kappa shape index (κ2) is 5.31. The van der Waals surface area contributed by atoms with Crippen LogP contribution in [-0.2, 0) is 16.0 Å². The van der Waals surface area contributed by atoms with Crippen molar-refractivity contribution in [1.82, 2.24) is 9.55 Å². The topological polar surface area (TPSA) is 89.3 Å². The van der Waals surface area contributed by atoms with Gasteiger partial charge in [0.2, 0.25) is 0 Å². The predicted octanol–water partition coefficient (Wildman–Crippen LogP) is 2.11. The van der Waals surface area contributed by atoms with Crippen molar-refractivity contribution in [2.24, 2.45) is 0 Å². The van der Waals surface area contributed by atoms with Crippen LogP contribution >= 0.6 is 11.3 Å². The van der Waals surface area contributed by atoms with Crippen LogP contribution in [0.2, 0.25) is 0 Å². The third kappa shape index (κ3) is 2.16. The van der Waals surface area contributed by atoms with E-state index < -0.39 is 17.9 Å². The highest BCUT2D eigenvalue weighted by molar-refractivity contribution is 7.18. The quantitative estimate of drug-likeness (QED) is 0.935. The molecule has 0 amide bonds. The number of aryl methyl sites for hydroxylation is 1. The number of aliphatic carboxylic acids is 1. The Morgan fingerprint density at radius 3 is 2.86 bits per heavy atom. The molecule has 2 unspecified atom stereocenters. The van der Waals surface area contributed by atoms with E-state index in [1.807, 2.05) is 0 Å². The summed E-state index contributed by atoms with van der Waals surface area (Å²) in [6.45, 7) is 3.06. The molecule has 2 aromatic heterocycles. The normalized spacial score (nSPS) is 18.9. The van der Waals surface area contributed by atoms with Gasteiger partial charge in [-0.15, -0.1) is 11.3 Å². The van der Waals surface area contributed by atoms with Crippen LogP contribution in [0.3, 0.4) is 0 Å². The number of nitrogens with zero attached hydrogens (tertiary/aromatic N) is 2. The van der Waals surface area contributed by atoms with Gasteiger partial charge in [-0.3, -0.25) is 19.0 Å². The molecule has 2 heterocycles. The highest BCUT2D eigenvalue weighted by Crippen LogP contribution is 2.40. The molecule has 0 aliphatic heterocycles. The van der Waals surface area contributed by atoms with Gasteiger partial charge in [0.05, 0.1) is 23.7 Å². The van der Waals surface area contributed by atoms with Gasteiger partial charge in [0.1, 0.15) is 4.83 Å². The van der Waals surface area contributed by atoms with Crippen LogP contribution in [0.4, 0.5) is 0 Å². The van der Waals surface area contributed by atoms with E-state index >= 15 is 0 Å². The summed E-state index contributed by atoms with van der Waals surface area (Å²) in [7, 11) is 0. The van der Waals surface area contributed by atoms with E-state index in [9.17, 15) is 19.5 Å². The fourth-order valence-corrected chi connectivity index (χ4v) is 4.19. The minimum atomic E-state index is -0.907. The lowest BCUT2D eigenvalue weighted by Crippen LogP contribution is -2.28. The Morgan fingerprint density at radius 2 is 2.23 bits per heavy atom. The number of carbonyl (C=O) groups excluding carboxylic acids is 1. The molecule has 22 heavy (non-hydrogen) atoms. The standard InChI is InChI=1S/C15H16N2O4S/c1-7(8(2)18)17-6-16-13-12(14(17)19)11-9(15(20)21)4-3-5-10(11)22-13/h6-7,9H,3-5H2,1-2H3,(H,20,21). The predicted molar refractivity (Wildman–Crippen MR) is 82.6 cm³/mol. The van der Waals surface area contributed by atoms with Crippen LogP contribution in [0.25, 0.3) is 10.2 Å². The second-order valence-corrected chi connectivity index (χ2v) is 6.73. The average molecular weight is 320 g/mol. The molecule has 2 atom stereocenters. The van der Waals surface area contributed by atoms with Gasteiger partial charge in [0, 0.05) is 4.88 Å². The molecule has 1 aliphatic rings. The molecule has 0 radical (unpaired) electrons. The van der Waals surface area contributed by atoms with E-state index in [1.165, 1.54) is 29.2 Å². The number of aromatic nitrogens is 2. The van der Waals surface area contributed by atoms with Gasteiger partial charge in [0.25, 0.3) is 5.56 Å². The van der Waals surface area contributed by atoms with Crippen molar-refractivity contribution in [3.8, 4) is 0 Å². The summed E-state index contributed by atoms with van der Waals surface area (Å²) in [5.74, 6) is -1.70. The molecule has 1 aliphatic carbocycles. The minimum Gasteiger partial charge on any atom is -0.481 e. The summed E-state index contributed by atoms with van der Waals surface area (Å²) in [5, 5.41) is 9.82. The molecule has 0 aromatic carbocycles. The van der Waals surface area contributed by atoms with Crippen LogP contribution in [0.15, 0.2) is 11.1 Å². The van der Waals surface area contributed by atoms with Gasteiger partial charge >= 0.3 is 5.97 Å². The zero-order valence-corrected chi connectivity index (χ0v) is 13.1. The molecule has 6 nitrogen and oxygen atoms in total. The van der Waals surface area contributed by atoms with Crippen LogP contribution in [0.1, 0.15) is 49.1 Å². The van der Waals surface area contributed by atoms with E-state index in [-0.39, 0.29) is 11.3 Å². The van der Waals surface area contributed by atoms with Crippen LogP contribution < -0.4 is 5.56 Å². The van der Waals surface area contributed by atoms with Gasteiger partial charge in [-0.25, -0.2) is 4.98 Å². The molecule has 7 heteroatoms. The lowest BCUT2D eigenvalue weighted by Gasteiger charge is -2.19. The number of carboxylic acids is 1. The number of hydrogen-bond donors (Lipinski definition) is 1. The molecule has 1 N–H and O–H groups in total. The number of carbonyl (C=O) groups is 2. The molecule has 3 rings (SSSR count). The maximum absolute atomic E-state index is 12.8. The first-order chi connectivity index (χ1) is 10.4. The largest absolute Gasteiger partial charge is 0.481 e. The first-order valence-electron chi connectivity index (χ1n) is 7.17. The fraction of sp³-hybridized carbons (Fsp3) is 0.467. The Hall–Kier alpha value is -2.02. The number of rotatable bonds is 3. The smallest absolute Gasteiger partial charge is 0.311 e. The van der Waals surface area contributed by atoms with Crippen LogP contribution in [0, 0.1) is 0 Å². The Kier molecular flexibility index (Phi) is 3.60. The maximum Gasteiger partial charge on any atom is 0.311 e. The molecular weight excluding hydrogens is 304 g/mol. The summed E-state index contributed by atoms with van der Waals surface area (Å²) in [6, 6.07) is -0.605. The van der Waals surface area contributed by atoms with Gasteiger partial charge in [-0.05, 0) is 38.7 Å². The third-order valence-electron chi connectivity index (χ3n) is 4.30. The Morgan fingerprint density at radius 1 is 1.50 bits per heavy atom. The van der Waals surface area contributed by atoms with Gasteiger partial charge in [-0.1, -0.05) is 0 Å². The first kappa shape index (κ1) is 14.9. The number of ketones is 1. The van der Waals surface area contributed by atoms with E-state index in [1.54, 1.807) is 6.92 Å². The zero-order valence-electron chi connectivity index (χ0n) is 12.3. The lowest BCUT2D eigenvalue weighted by molar-refractivity contribution is -0.139. The Balaban J connectivity index is 2.30. The molecule has 0 saturated carbocycles. The van der Waals surface area contributed by atoms with E-state index in [0.717, 1.165) is 17.7 Å². The van der Waals surface area contributed by atoms with Gasteiger partial charge in [-0.2, -0.15) is 0 Å². The average Bonchev–Trinajstić information content (AvgIpc) is 2.85. The monoisotopic (exact) mass is 320 g/mol. The van der Waals surface area contributed by atoms with Crippen molar-refractivity contribution in [3.05, 3.63) is 27.1 Å². The van der Waals surface area contributed by atoms with Crippen molar-refractivity contribution < 1.29 is 14.7 Å². The van der Waals surface area contributed by atoms with E-state index in [0.29, 0.717) is 22.2 Å². The molecule has 0 bridgehead atoms. The molecule has 0 spiro atoms. The number of Topliss-reactive ketones (excluding diaryl/α,β-unsaturated/α-hetero) is 1. The third-order valence-corrected chi connectivity index (χ3v) is 5.47. The van der Waals surface area contributed by atoms with E-state index in [4.69, 9.17) is 0 Å². The SMILES string of the molecule is CC(=O)C(C)n1cnc2sc3c(c2c1=O)C(C(=O)O)CCC3. The maximum atomic E-state index is 12.8. The first-order valence-corrected chi connectivity index (χ1v) is 7.99. The van der Waals surface area contributed by atoms with Crippen LogP contribution in [-0.4, -0.2) is 26.4 Å². The second-order valence-electron chi connectivity index (χ2n) is 5.65. The number of hydrogen-bond acceptors (Lipinski definition) is 5. The summed E-state index contributed by atoms with van der Waals surface area (Å²) in [5.41, 5.74) is 0.291. The Bertz CT molecular complexity index is 836. The summed E-state index contributed by atoms with van der Waals surface area (Å²) in [4.78, 5) is 41.6. The van der Waals surface area contributed by atoms with Crippen molar-refractivity contribution in [2.75, 3.05) is 0 Å². The fourth-order valence-electron chi connectivity index (χ4n) is 2.96. The number of fused-ring (bicyclic) bond motifs is 3. The molecular formula is C15H16N2O4S. The number of thiophene rings is 1. The van der Waals surface area contributed by atoms with Gasteiger partial charge in [0.15, 0.2) is 5.78 Å². The summed E-state index contributed by atoms with van der Waals surface area (Å²) < 4.78 is 1.30. The summed E-state index contributed by atoms with van der Waals surface area (Å²) >= 11 is 1.39. The molecule has 2 aromatic rings. The number of carboxylic acid groups (broad SMARTS) is 1. The highest BCUT2D eigenvalue weighted by Gasteiger charge is 2.32. The van der Waals surface area contributed by atoms with E-state index in [2.05, 4.69) is 4.98 Å². The zero-order chi connectivity index (χ0) is 16.0. The van der Waals surface area contributed by atoms with Crippen molar-refractivity contribution >= 4 is 33.3 Å². The molecule has 116 valence electrons. The van der Waals surface area contributed by atoms with Crippen LogP contribution in [0.5, 0.6) is 0 Å². The van der Waals surface area contributed by atoms with Crippen molar-refractivity contribution in [2.45, 2.75) is 45.1 Å². The molecule has 0 fully saturated rings. The lowest BCUT2D eigenvalue weighted by atomic mass is 9.86. The van der Waals surface area contributed by atoms with Crippen molar-refractivity contribution in [1.29, 1.82) is 0 Å². The Labute approximate surface area is 130 Å². The molecule has 0 saturated heterocycles. The highest BCUT2D eigenvalue weighted by atomic mass is 32.1. The van der Waals surface area contributed by atoms with Gasteiger partial charge < -0.3 is 5.11 Å². The minimum absolute atomic E-state index is 0.137.